The fourth-order valence-corrected chi connectivity index (χ4v) is 2.49. The van der Waals surface area contributed by atoms with E-state index in [1.54, 1.807) is 0 Å². The molecular weight excluding hydrogens is 270 g/mol. The van der Waals surface area contributed by atoms with Crippen LogP contribution >= 0.6 is 15.9 Å². The SMILES string of the molecule is CCCOCC(=O)N1CCCC1CCCBr. The lowest BCUT2D eigenvalue weighted by atomic mass is 10.1. The lowest BCUT2D eigenvalue weighted by Crippen LogP contribution is -2.38. The van der Waals surface area contributed by atoms with Gasteiger partial charge in [-0.3, -0.25) is 4.79 Å². The van der Waals surface area contributed by atoms with Crippen molar-refractivity contribution in [2.75, 3.05) is 25.1 Å². The van der Waals surface area contributed by atoms with Crippen LogP contribution in [0.1, 0.15) is 39.0 Å². The second-order valence-electron chi connectivity index (χ2n) is 4.27. The Bertz CT molecular complexity index is 211. The summed E-state index contributed by atoms with van der Waals surface area (Å²) in [7, 11) is 0. The van der Waals surface area contributed by atoms with E-state index in [2.05, 4.69) is 22.9 Å². The van der Waals surface area contributed by atoms with Crippen molar-refractivity contribution in [1.82, 2.24) is 4.90 Å². The third-order valence-corrected chi connectivity index (χ3v) is 3.50. The fourth-order valence-electron chi connectivity index (χ4n) is 2.16. The Morgan fingerprint density at radius 1 is 1.56 bits per heavy atom. The van der Waals surface area contributed by atoms with E-state index in [1.807, 2.05) is 4.90 Å². The largest absolute Gasteiger partial charge is 0.372 e. The number of nitrogens with zero attached hydrogens (tertiary/aromatic N) is 1. The van der Waals surface area contributed by atoms with Gasteiger partial charge in [-0.15, -0.1) is 0 Å². The first kappa shape index (κ1) is 14.0. The Labute approximate surface area is 107 Å². The van der Waals surface area contributed by atoms with Gasteiger partial charge in [0.25, 0.3) is 0 Å². The summed E-state index contributed by atoms with van der Waals surface area (Å²) in [6.45, 7) is 3.92. The van der Waals surface area contributed by atoms with Crippen molar-refractivity contribution >= 4 is 21.8 Å². The summed E-state index contributed by atoms with van der Waals surface area (Å²) in [6, 6.07) is 0.454. The number of hydrogen-bond donors (Lipinski definition) is 0. The van der Waals surface area contributed by atoms with Crippen molar-refractivity contribution in [3.8, 4) is 0 Å². The van der Waals surface area contributed by atoms with Gasteiger partial charge in [0.05, 0.1) is 0 Å². The molecule has 0 bridgehead atoms. The van der Waals surface area contributed by atoms with E-state index in [-0.39, 0.29) is 12.5 Å². The first-order chi connectivity index (χ1) is 7.79. The second kappa shape index (κ2) is 8.07. The van der Waals surface area contributed by atoms with E-state index >= 15 is 0 Å². The summed E-state index contributed by atoms with van der Waals surface area (Å²) < 4.78 is 5.31. The molecule has 1 aliphatic rings. The van der Waals surface area contributed by atoms with Crippen LogP contribution in [-0.2, 0) is 9.53 Å². The minimum Gasteiger partial charge on any atom is -0.372 e. The Balaban J connectivity index is 2.29. The maximum Gasteiger partial charge on any atom is 0.248 e. The molecule has 1 heterocycles. The highest BCUT2D eigenvalue weighted by Crippen LogP contribution is 2.21. The maximum absolute atomic E-state index is 11.9. The first-order valence-corrected chi connectivity index (χ1v) is 7.35. The van der Waals surface area contributed by atoms with Crippen LogP contribution in [0.2, 0.25) is 0 Å². The Kier molecular flexibility index (Phi) is 7.05. The topological polar surface area (TPSA) is 29.5 Å². The van der Waals surface area contributed by atoms with Crippen molar-refractivity contribution in [3.05, 3.63) is 0 Å². The number of hydrogen-bond acceptors (Lipinski definition) is 2. The third-order valence-electron chi connectivity index (χ3n) is 2.94. The molecule has 1 atom stereocenters. The standard InChI is InChI=1S/C12H22BrNO2/c1-2-9-16-10-12(15)14-8-4-6-11(14)5-3-7-13/h11H,2-10H2,1H3. The van der Waals surface area contributed by atoms with E-state index in [0.29, 0.717) is 12.6 Å². The van der Waals surface area contributed by atoms with Gasteiger partial charge in [0.1, 0.15) is 6.61 Å². The molecule has 1 aliphatic heterocycles. The number of amides is 1. The molecule has 0 saturated carbocycles. The van der Waals surface area contributed by atoms with Crippen molar-refractivity contribution in [1.29, 1.82) is 0 Å². The van der Waals surface area contributed by atoms with Gasteiger partial charge in [-0.05, 0) is 32.1 Å². The summed E-state index contributed by atoms with van der Waals surface area (Å²) in [4.78, 5) is 13.9. The van der Waals surface area contributed by atoms with Crippen LogP contribution in [0.3, 0.4) is 0 Å². The van der Waals surface area contributed by atoms with Gasteiger partial charge in [0.15, 0.2) is 0 Å². The van der Waals surface area contributed by atoms with Gasteiger partial charge < -0.3 is 9.64 Å². The zero-order chi connectivity index (χ0) is 11.8. The van der Waals surface area contributed by atoms with Crippen LogP contribution in [0.15, 0.2) is 0 Å². The quantitative estimate of drug-likeness (QED) is 0.533. The van der Waals surface area contributed by atoms with E-state index in [1.165, 1.54) is 0 Å². The third kappa shape index (κ3) is 4.42. The molecule has 1 amide bonds. The average Bonchev–Trinajstić information content (AvgIpc) is 2.74. The molecule has 0 spiro atoms. The molecule has 4 heteroatoms. The number of rotatable bonds is 7. The Morgan fingerprint density at radius 3 is 3.06 bits per heavy atom. The zero-order valence-electron chi connectivity index (χ0n) is 10.1. The highest BCUT2D eigenvalue weighted by molar-refractivity contribution is 9.09. The van der Waals surface area contributed by atoms with E-state index < -0.39 is 0 Å². The van der Waals surface area contributed by atoms with Gasteiger partial charge in [-0.1, -0.05) is 22.9 Å². The van der Waals surface area contributed by atoms with E-state index in [4.69, 9.17) is 4.74 Å². The van der Waals surface area contributed by atoms with Crippen LogP contribution < -0.4 is 0 Å². The molecule has 3 nitrogen and oxygen atoms in total. The van der Waals surface area contributed by atoms with E-state index in [9.17, 15) is 4.79 Å². The molecule has 0 radical (unpaired) electrons. The summed E-state index contributed by atoms with van der Waals surface area (Å²) in [5, 5.41) is 1.03. The molecule has 0 aromatic heterocycles. The van der Waals surface area contributed by atoms with Crippen molar-refractivity contribution in [2.45, 2.75) is 45.1 Å². The predicted molar refractivity (Wildman–Crippen MR) is 68.9 cm³/mol. The lowest BCUT2D eigenvalue weighted by Gasteiger charge is -2.24. The minimum absolute atomic E-state index is 0.172. The molecule has 94 valence electrons. The van der Waals surface area contributed by atoms with Crippen LogP contribution in [0, 0.1) is 0 Å². The fraction of sp³-hybridized carbons (Fsp3) is 0.917. The molecule has 1 fully saturated rings. The molecule has 16 heavy (non-hydrogen) atoms. The van der Waals surface area contributed by atoms with Gasteiger partial charge in [-0.25, -0.2) is 0 Å². The number of carbonyl (C=O) groups is 1. The Morgan fingerprint density at radius 2 is 2.38 bits per heavy atom. The number of likely N-dealkylation sites (tertiary alicyclic amines) is 1. The predicted octanol–water partition coefficient (Wildman–Crippen LogP) is 2.58. The smallest absolute Gasteiger partial charge is 0.248 e. The lowest BCUT2D eigenvalue weighted by molar-refractivity contribution is -0.137. The minimum atomic E-state index is 0.172. The van der Waals surface area contributed by atoms with Gasteiger partial charge in [0.2, 0.25) is 5.91 Å². The van der Waals surface area contributed by atoms with Gasteiger partial charge in [0, 0.05) is 24.5 Å². The summed E-state index contributed by atoms with van der Waals surface area (Å²) in [5.41, 5.74) is 0. The number of halogens is 1. The molecule has 1 rings (SSSR count). The van der Waals surface area contributed by atoms with Crippen molar-refractivity contribution < 1.29 is 9.53 Å². The summed E-state index contributed by atoms with van der Waals surface area (Å²) in [6.07, 6.45) is 5.54. The van der Waals surface area contributed by atoms with E-state index in [0.717, 1.165) is 44.0 Å². The number of carbonyl (C=O) groups excluding carboxylic acids is 1. The number of alkyl halides is 1. The number of ether oxygens (including phenoxy) is 1. The average molecular weight is 292 g/mol. The molecule has 1 saturated heterocycles. The zero-order valence-corrected chi connectivity index (χ0v) is 11.7. The molecule has 1 unspecified atom stereocenters. The van der Waals surface area contributed by atoms with Crippen molar-refractivity contribution in [3.63, 3.8) is 0 Å². The first-order valence-electron chi connectivity index (χ1n) is 6.22. The molecule has 0 aromatic rings. The highest BCUT2D eigenvalue weighted by atomic mass is 79.9. The molecule has 0 aromatic carbocycles. The summed E-state index contributed by atoms with van der Waals surface area (Å²) in [5.74, 6) is 0.172. The highest BCUT2D eigenvalue weighted by Gasteiger charge is 2.27. The molecule has 0 aliphatic carbocycles. The van der Waals surface area contributed by atoms with Gasteiger partial charge >= 0.3 is 0 Å². The summed E-state index contributed by atoms with van der Waals surface area (Å²) >= 11 is 3.44. The Hall–Kier alpha value is -0.0900. The van der Waals surface area contributed by atoms with Crippen LogP contribution in [-0.4, -0.2) is 41.9 Å². The maximum atomic E-state index is 11.9. The van der Waals surface area contributed by atoms with Crippen LogP contribution in [0.4, 0.5) is 0 Å². The van der Waals surface area contributed by atoms with Crippen LogP contribution in [0.25, 0.3) is 0 Å². The normalized spacial score (nSPS) is 20.4. The molecular formula is C12H22BrNO2. The monoisotopic (exact) mass is 291 g/mol. The van der Waals surface area contributed by atoms with Crippen molar-refractivity contribution in [2.24, 2.45) is 0 Å². The second-order valence-corrected chi connectivity index (χ2v) is 5.06. The van der Waals surface area contributed by atoms with Crippen LogP contribution in [0.5, 0.6) is 0 Å². The molecule has 0 N–H and O–H groups in total. The van der Waals surface area contributed by atoms with Gasteiger partial charge in [-0.2, -0.15) is 0 Å².